The second-order valence-corrected chi connectivity index (χ2v) is 2.50. The molecule has 1 rings (SSSR count). The van der Waals surface area contributed by atoms with Crippen LogP contribution in [0.4, 0.5) is 0 Å². The number of rotatable bonds is 3. The van der Waals surface area contributed by atoms with E-state index in [-0.39, 0.29) is 6.61 Å². The number of hydrogen-bond donors (Lipinski definition) is 1. The van der Waals surface area contributed by atoms with E-state index >= 15 is 0 Å². The average Bonchev–Trinajstić information content (AvgIpc) is 2.05. The van der Waals surface area contributed by atoms with E-state index in [4.69, 9.17) is 4.74 Å². The first-order valence-corrected chi connectivity index (χ1v) is 3.70. The lowest BCUT2D eigenvalue weighted by Crippen LogP contribution is -2.08. The highest BCUT2D eigenvalue weighted by molar-refractivity contribution is 5.04. The molecule has 0 saturated heterocycles. The van der Waals surface area contributed by atoms with Gasteiger partial charge in [-0.25, -0.2) is 9.97 Å². The number of hydrogen-bond acceptors (Lipinski definition) is 4. The maximum Gasteiger partial charge on any atom is 0.125 e. The monoisotopic (exact) mass is 168 g/mol. The quantitative estimate of drug-likeness (QED) is 0.712. The lowest BCUT2D eigenvalue weighted by atomic mass is 10.2. The second kappa shape index (κ2) is 4.13. The summed E-state index contributed by atoms with van der Waals surface area (Å²) in [5, 5.41) is 9.43. The SMILES string of the molecule is COCC(O)c1ccnc(C)n1. The molecule has 0 amide bonds. The van der Waals surface area contributed by atoms with Gasteiger partial charge in [0.15, 0.2) is 0 Å². The van der Waals surface area contributed by atoms with Gasteiger partial charge in [0, 0.05) is 13.3 Å². The lowest BCUT2D eigenvalue weighted by molar-refractivity contribution is 0.0615. The van der Waals surface area contributed by atoms with Gasteiger partial charge in [-0.3, -0.25) is 0 Å². The van der Waals surface area contributed by atoms with Gasteiger partial charge in [-0.15, -0.1) is 0 Å². The molecule has 0 aliphatic rings. The molecule has 1 aromatic heterocycles. The maximum atomic E-state index is 9.43. The number of aromatic nitrogens is 2. The Kier molecular flexibility index (Phi) is 3.13. The molecule has 1 heterocycles. The molecule has 4 heteroatoms. The normalized spacial score (nSPS) is 12.9. The molecule has 4 nitrogen and oxygen atoms in total. The van der Waals surface area contributed by atoms with Gasteiger partial charge in [0.05, 0.1) is 12.3 Å². The number of aliphatic hydroxyl groups excluding tert-OH is 1. The Labute approximate surface area is 71.2 Å². The molecule has 0 fully saturated rings. The highest BCUT2D eigenvalue weighted by Gasteiger charge is 2.07. The van der Waals surface area contributed by atoms with Crippen molar-refractivity contribution in [3.05, 3.63) is 23.8 Å². The largest absolute Gasteiger partial charge is 0.384 e. The van der Waals surface area contributed by atoms with Gasteiger partial charge in [-0.1, -0.05) is 0 Å². The molecule has 0 aliphatic heterocycles. The molecule has 1 unspecified atom stereocenters. The lowest BCUT2D eigenvalue weighted by Gasteiger charge is -2.07. The van der Waals surface area contributed by atoms with Gasteiger partial charge in [0.25, 0.3) is 0 Å². The number of ether oxygens (including phenoxy) is 1. The van der Waals surface area contributed by atoms with E-state index in [1.807, 2.05) is 0 Å². The summed E-state index contributed by atoms with van der Waals surface area (Å²) in [6.07, 6.45) is 0.966. The Balaban J connectivity index is 2.73. The number of aliphatic hydroxyl groups is 1. The summed E-state index contributed by atoms with van der Waals surface area (Å²) in [5.41, 5.74) is 0.601. The minimum absolute atomic E-state index is 0.260. The summed E-state index contributed by atoms with van der Waals surface area (Å²) < 4.78 is 4.79. The summed E-state index contributed by atoms with van der Waals surface area (Å²) in [5.74, 6) is 0.655. The summed E-state index contributed by atoms with van der Waals surface area (Å²) in [6.45, 7) is 2.04. The molecule has 1 aromatic rings. The zero-order valence-electron chi connectivity index (χ0n) is 7.19. The predicted octanol–water partition coefficient (Wildman–Crippen LogP) is 0.465. The summed E-state index contributed by atoms with van der Waals surface area (Å²) >= 11 is 0. The molecule has 0 saturated carbocycles. The minimum atomic E-state index is -0.656. The van der Waals surface area contributed by atoms with Gasteiger partial charge >= 0.3 is 0 Å². The molecule has 12 heavy (non-hydrogen) atoms. The summed E-state index contributed by atoms with van der Waals surface area (Å²) in [6, 6.07) is 1.68. The fraction of sp³-hybridized carbons (Fsp3) is 0.500. The van der Waals surface area contributed by atoms with Crippen LogP contribution in [0.5, 0.6) is 0 Å². The third-order valence-corrected chi connectivity index (χ3v) is 1.46. The van der Waals surface area contributed by atoms with E-state index in [2.05, 4.69) is 9.97 Å². The first-order valence-electron chi connectivity index (χ1n) is 3.70. The van der Waals surface area contributed by atoms with Crippen LogP contribution in [0.1, 0.15) is 17.6 Å². The van der Waals surface area contributed by atoms with Crippen molar-refractivity contribution in [2.24, 2.45) is 0 Å². The van der Waals surface area contributed by atoms with Crippen molar-refractivity contribution in [2.75, 3.05) is 13.7 Å². The Hall–Kier alpha value is -1.00. The minimum Gasteiger partial charge on any atom is -0.384 e. The smallest absolute Gasteiger partial charge is 0.125 e. The van der Waals surface area contributed by atoms with E-state index in [0.717, 1.165) is 0 Å². The zero-order chi connectivity index (χ0) is 8.97. The fourth-order valence-corrected chi connectivity index (χ4v) is 0.903. The molecule has 0 radical (unpaired) electrons. The molecule has 0 bridgehead atoms. The summed E-state index contributed by atoms with van der Waals surface area (Å²) in [7, 11) is 1.54. The van der Waals surface area contributed by atoms with Gasteiger partial charge in [-0.2, -0.15) is 0 Å². The van der Waals surface area contributed by atoms with Crippen molar-refractivity contribution in [1.82, 2.24) is 9.97 Å². The molecule has 66 valence electrons. The van der Waals surface area contributed by atoms with Crippen molar-refractivity contribution in [2.45, 2.75) is 13.0 Å². The van der Waals surface area contributed by atoms with Crippen molar-refractivity contribution < 1.29 is 9.84 Å². The maximum absolute atomic E-state index is 9.43. The van der Waals surface area contributed by atoms with Crippen molar-refractivity contribution >= 4 is 0 Å². The Morgan fingerprint density at radius 2 is 2.42 bits per heavy atom. The van der Waals surface area contributed by atoms with E-state index in [1.165, 1.54) is 7.11 Å². The highest BCUT2D eigenvalue weighted by Crippen LogP contribution is 2.08. The number of aryl methyl sites for hydroxylation is 1. The topological polar surface area (TPSA) is 55.2 Å². The molecular weight excluding hydrogens is 156 g/mol. The van der Waals surface area contributed by atoms with Crippen LogP contribution in [0.2, 0.25) is 0 Å². The van der Waals surface area contributed by atoms with Crippen LogP contribution in [0.15, 0.2) is 12.3 Å². The van der Waals surface area contributed by atoms with Crippen LogP contribution in [0, 0.1) is 6.92 Å². The Morgan fingerprint density at radius 1 is 1.67 bits per heavy atom. The van der Waals surface area contributed by atoms with Crippen molar-refractivity contribution in [1.29, 1.82) is 0 Å². The van der Waals surface area contributed by atoms with Crippen LogP contribution in [0.3, 0.4) is 0 Å². The first kappa shape index (κ1) is 9.09. The summed E-state index contributed by atoms with van der Waals surface area (Å²) in [4.78, 5) is 7.97. The van der Waals surface area contributed by atoms with Gasteiger partial charge in [0.2, 0.25) is 0 Å². The second-order valence-electron chi connectivity index (χ2n) is 2.50. The number of nitrogens with zero attached hydrogens (tertiary/aromatic N) is 2. The van der Waals surface area contributed by atoms with Gasteiger partial charge in [0.1, 0.15) is 11.9 Å². The Bertz CT molecular complexity index is 253. The number of methoxy groups -OCH3 is 1. The highest BCUT2D eigenvalue weighted by atomic mass is 16.5. The zero-order valence-corrected chi connectivity index (χ0v) is 7.19. The molecule has 1 atom stereocenters. The van der Waals surface area contributed by atoms with Crippen LogP contribution < -0.4 is 0 Å². The predicted molar refractivity (Wildman–Crippen MR) is 43.6 cm³/mol. The van der Waals surface area contributed by atoms with Crippen LogP contribution in [-0.2, 0) is 4.74 Å². The van der Waals surface area contributed by atoms with Crippen LogP contribution in [0.25, 0.3) is 0 Å². The molecule has 0 spiro atoms. The third kappa shape index (κ3) is 2.25. The van der Waals surface area contributed by atoms with Crippen molar-refractivity contribution in [3.8, 4) is 0 Å². The molecule has 0 aliphatic carbocycles. The van der Waals surface area contributed by atoms with E-state index in [9.17, 15) is 5.11 Å². The Morgan fingerprint density at radius 3 is 3.00 bits per heavy atom. The molecule has 1 N–H and O–H groups in total. The van der Waals surface area contributed by atoms with E-state index < -0.39 is 6.10 Å². The van der Waals surface area contributed by atoms with E-state index in [1.54, 1.807) is 19.2 Å². The average molecular weight is 168 g/mol. The third-order valence-electron chi connectivity index (χ3n) is 1.46. The molecule has 0 aromatic carbocycles. The van der Waals surface area contributed by atoms with Crippen molar-refractivity contribution in [3.63, 3.8) is 0 Å². The van der Waals surface area contributed by atoms with Gasteiger partial charge in [-0.05, 0) is 13.0 Å². The van der Waals surface area contributed by atoms with Crippen LogP contribution >= 0.6 is 0 Å². The fourth-order valence-electron chi connectivity index (χ4n) is 0.903. The van der Waals surface area contributed by atoms with Gasteiger partial charge < -0.3 is 9.84 Å². The first-order chi connectivity index (χ1) is 5.74. The molecular formula is C8H12N2O2. The van der Waals surface area contributed by atoms with Crippen LogP contribution in [-0.4, -0.2) is 28.8 Å². The standard InChI is InChI=1S/C8H12N2O2/c1-6-9-4-3-7(10-6)8(11)5-12-2/h3-4,8,11H,5H2,1-2H3. The van der Waals surface area contributed by atoms with E-state index in [0.29, 0.717) is 11.5 Å².